The maximum atomic E-state index is 12.7. The molecule has 0 bridgehead atoms. The summed E-state index contributed by atoms with van der Waals surface area (Å²) in [6, 6.07) is 6.13. The summed E-state index contributed by atoms with van der Waals surface area (Å²) in [4.78, 5) is 18.5. The lowest BCUT2D eigenvalue weighted by atomic mass is 9.88. The number of rotatable bonds is 0. The van der Waals surface area contributed by atoms with Crippen LogP contribution in [0.15, 0.2) is 39.2 Å². The minimum absolute atomic E-state index is 0.0960. The smallest absolute Gasteiger partial charge is 0.199 e. The summed E-state index contributed by atoms with van der Waals surface area (Å²) < 4.78 is 0.600. The Morgan fingerprint density at radius 3 is 2.68 bits per heavy atom. The number of likely N-dealkylation sites (tertiary alicyclic amines) is 1. The topological polar surface area (TPSA) is 36.1 Å². The minimum Gasteiger partial charge on any atom is -0.360 e. The predicted octanol–water partition coefficient (Wildman–Crippen LogP) is 4.42. The van der Waals surface area contributed by atoms with E-state index in [2.05, 4.69) is 45.0 Å². The normalized spacial score (nSPS) is 17.9. The molecule has 2 aliphatic rings. The maximum Gasteiger partial charge on any atom is 0.199 e. The van der Waals surface area contributed by atoms with Crippen LogP contribution in [0.2, 0.25) is 5.02 Å². The van der Waals surface area contributed by atoms with E-state index in [1.807, 2.05) is 6.07 Å². The van der Waals surface area contributed by atoms with Crippen LogP contribution >= 0.6 is 27.5 Å². The molecular weight excluding hydrogens is 400 g/mol. The number of pyridine rings is 1. The van der Waals surface area contributed by atoms with E-state index in [4.69, 9.17) is 11.6 Å². The number of benzene rings is 1. The average Bonchev–Trinajstić information content (AvgIpc) is 2.76. The maximum absolute atomic E-state index is 12.7. The number of aryl methyl sites for hydroxylation is 1. The molecule has 1 N–H and O–H groups in total. The van der Waals surface area contributed by atoms with E-state index in [1.165, 1.54) is 22.3 Å². The second-order valence-electron chi connectivity index (χ2n) is 6.90. The Kier molecular flexibility index (Phi) is 4.61. The number of H-pyrrole nitrogens is 1. The number of aromatic nitrogens is 1. The number of hydrogen-bond donors (Lipinski definition) is 1. The number of aromatic amines is 1. The summed E-state index contributed by atoms with van der Waals surface area (Å²) in [5.41, 5.74) is 7.07. The summed E-state index contributed by atoms with van der Waals surface area (Å²) in [6.45, 7) is 2.11. The van der Waals surface area contributed by atoms with Gasteiger partial charge in [0.25, 0.3) is 0 Å². The summed E-state index contributed by atoms with van der Waals surface area (Å²) in [6.07, 6.45) is 5.40. The third-order valence-corrected chi connectivity index (χ3v) is 6.14. The summed E-state index contributed by atoms with van der Waals surface area (Å²) in [5, 5.41) is 0.755. The van der Waals surface area contributed by atoms with Gasteiger partial charge in [-0.3, -0.25) is 4.79 Å². The Morgan fingerprint density at radius 1 is 1.16 bits per heavy atom. The Balaban J connectivity index is 1.99. The highest BCUT2D eigenvalue weighted by Gasteiger charge is 2.25. The average molecular weight is 420 g/mol. The molecule has 0 saturated carbocycles. The molecule has 2 heterocycles. The highest BCUT2D eigenvalue weighted by Crippen LogP contribution is 2.37. The second kappa shape index (κ2) is 6.75. The van der Waals surface area contributed by atoms with Crippen LogP contribution in [0.4, 0.5) is 0 Å². The van der Waals surface area contributed by atoms with Gasteiger partial charge in [0.05, 0.1) is 10.2 Å². The Bertz CT molecular complexity index is 922. The lowest BCUT2D eigenvalue weighted by Gasteiger charge is -2.27. The van der Waals surface area contributed by atoms with Gasteiger partial charge in [0.2, 0.25) is 0 Å². The number of piperidine rings is 1. The monoisotopic (exact) mass is 418 g/mol. The first kappa shape index (κ1) is 17.1. The minimum atomic E-state index is 0.0960. The fourth-order valence-corrected chi connectivity index (χ4v) is 4.47. The first-order valence-corrected chi connectivity index (χ1v) is 9.81. The van der Waals surface area contributed by atoms with Crippen molar-refractivity contribution in [2.24, 2.45) is 0 Å². The molecule has 1 aromatic carbocycles. The lowest BCUT2D eigenvalue weighted by Crippen LogP contribution is -2.27. The number of nitrogens with one attached hydrogen (secondary N) is 1. The van der Waals surface area contributed by atoms with Gasteiger partial charge >= 0.3 is 0 Å². The van der Waals surface area contributed by atoms with Gasteiger partial charge in [-0.2, -0.15) is 0 Å². The molecule has 1 fully saturated rings. The third-order valence-electron chi connectivity index (χ3n) is 5.31. The van der Waals surface area contributed by atoms with Gasteiger partial charge < -0.3 is 9.88 Å². The van der Waals surface area contributed by atoms with Crippen LogP contribution in [-0.2, 0) is 12.8 Å². The van der Waals surface area contributed by atoms with Crippen molar-refractivity contribution >= 4 is 33.1 Å². The number of halogens is 2. The highest BCUT2D eigenvalue weighted by atomic mass is 79.9. The molecule has 0 radical (unpaired) electrons. The first-order valence-electron chi connectivity index (χ1n) is 8.64. The highest BCUT2D eigenvalue weighted by molar-refractivity contribution is 9.10. The van der Waals surface area contributed by atoms with Crippen LogP contribution in [0.5, 0.6) is 0 Å². The van der Waals surface area contributed by atoms with Crippen molar-refractivity contribution in [3.8, 4) is 0 Å². The van der Waals surface area contributed by atoms with E-state index in [9.17, 15) is 4.79 Å². The molecule has 130 valence electrons. The Morgan fingerprint density at radius 2 is 1.92 bits per heavy atom. The van der Waals surface area contributed by atoms with Crippen LogP contribution < -0.4 is 5.43 Å². The molecule has 1 aliphatic heterocycles. The van der Waals surface area contributed by atoms with Crippen LogP contribution in [-0.4, -0.2) is 30.0 Å². The molecule has 0 unspecified atom stereocenters. The SMILES string of the molecule is CN1CCC(=C2c3ccc(Cl)cc3CCc3c2[nH]cc(Br)c3=O)CC1. The largest absolute Gasteiger partial charge is 0.360 e. The van der Waals surface area contributed by atoms with E-state index >= 15 is 0 Å². The molecule has 5 heteroatoms. The number of nitrogens with zero attached hydrogens (tertiary/aromatic N) is 1. The third kappa shape index (κ3) is 3.12. The fourth-order valence-electron chi connectivity index (χ4n) is 3.92. The molecule has 3 nitrogen and oxygen atoms in total. The second-order valence-corrected chi connectivity index (χ2v) is 8.19. The molecule has 1 aromatic heterocycles. The van der Waals surface area contributed by atoms with Gasteiger partial charge in [-0.1, -0.05) is 23.2 Å². The number of hydrogen-bond acceptors (Lipinski definition) is 2. The first-order chi connectivity index (χ1) is 12.0. The van der Waals surface area contributed by atoms with E-state index in [1.54, 1.807) is 6.20 Å². The summed E-state index contributed by atoms with van der Waals surface area (Å²) in [5.74, 6) is 0. The lowest BCUT2D eigenvalue weighted by molar-refractivity contribution is 0.313. The van der Waals surface area contributed by atoms with Crippen molar-refractivity contribution in [1.82, 2.24) is 9.88 Å². The molecule has 25 heavy (non-hydrogen) atoms. The summed E-state index contributed by atoms with van der Waals surface area (Å²) in [7, 11) is 2.16. The van der Waals surface area contributed by atoms with Crippen LogP contribution in [0.1, 0.15) is 35.2 Å². The molecule has 4 rings (SSSR count). The zero-order chi connectivity index (χ0) is 17.6. The van der Waals surface area contributed by atoms with Gasteiger partial charge in [-0.05, 0) is 71.9 Å². The standard InChI is InChI=1S/C20H20BrClN2O/c1-24-8-6-12(7-9-24)18-15-5-3-14(22)10-13(15)2-4-16-19(18)23-11-17(21)20(16)25/h3,5,10-11H,2,4,6-9H2,1H3,(H,23,25). The molecule has 0 spiro atoms. The fraction of sp³-hybridized carbons (Fsp3) is 0.350. The number of fused-ring (bicyclic) bond motifs is 2. The Labute approximate surface area is 160 Å². The van der Waals surface area contributed by atoms with E-state index < -0.39 is 0 Å². The predicted molar refractivity (Wildman–Crippen MR) is 106 cm³/mol. The van der Waals surface area contributed by atoms with Gasteiger partial charge in [0.15, 0.2) is 5.43 Å². The molecule has 2 aromatic rings. The van der Waals surface area contributed by atoms with Gasteiger partial charge in [0, 0.05) is 35.4 Å². The van der Waals surface area contributed by atoms with Crippen molar-refractivity contribution in [3.05, 3.63) is 72.1 Å². The van der Waals surface area contributed by atoms with Gasteiger partial charge in [0.1, 0.15) is 0 Å². The molecule has 1 aliphatic carbocycles. The van der Waals surface area contributed by atoms with Gasteiger partial charge in [-0.15, -0.1) is 0 Å². The zero-order valence-corrected chi connectivity index (χ0v) is 16.5. The van der Waals surface area contributed by atoms with E-state index in [0.29, 0.717) is 4.47 Å². The van der Waals surface area contributed by atoms with E-state index in [-0.39, 0.29) is 5.43 Å². The molecule has 0 amide bonds. The van der Waals surface area contributed by atoms with Crippen LogP contribution in [0, 0.1) is 0 Å². The molecule has 1 saturated heterocycles. The zero-order valence-electron chi connectivity index (χ0n) is 14.2. The molecular formula is C20H20BrClN2O. The Hall–Kier alpha value is -1.36. The van der Waals surface area contributed by atoms with Gasteiger partial charge in [-0.25, -0.2) is 0 Å². The van der Waals surface area contributed by atoms with Crippen molar-refractivity contribution in [2.75, 3.05) is 20.1 Å². The van der Waals surface area contributed by atoms with Crippen molar-refractivity contribution in [2.45, 2.75) is 25.7 Å². The van der Waals surface area contributed by atoms with Crippen molar-refractivity contribution in [3.63, 3.8) is 0 Å². The van der Waals surface area contributed by atoms with Crippen molar-refractivity contribution < 1.29 is 0 Å². The van der Waals surface area contributed by atoms with Crippen molar-refractivity contribution in [1.29, 1.82) is 0 Å². The van der Waals surface area contributed by atoms with Crippen LogP contribution in [0.3, 0.4) is 0 Å². The van der Waals surface area contributed by atoms with E-state index in [0.717, 1.165) is 55.1 Å². The molecule has 0 atom stereocenters. The summed E-state index contributed by atoms with van der Waals surface area (Å²) >= 11 is 9.63. The van der Waals surface area contributed by atoms with Crippen LogP contribution in [0.25, 0.3) is 5.57 Å². The quantitative estimate of drug-likeness (QED) is 0.686.